The first-order valence-electron chi connectivity index (χ1n) is 39.5. The fourth-order valence-electron chi connectivity index (χ4n) is 11.7. The van der Waals surface area contributed by atoms with Gasteiger partial charge in [0.25, 0.3) is 0 Å². The summed E-state index contributed by atoms with van der Waals surface area (Å²) in [6, 6.07) is 0. The number of unbranched alkanes of at least 4 members (excludes halogenated alkanes) is 45. The summed E-state index contributed by atoms with van der Waals surface area (Å²) in [7, 11) is -9.91. The molecule has 564 valence electrons. The van der Waals surface area contributed by atoms with Crippen molar-refractivity contribution in [2.24, 2.45) is 11.8 Å². The summed E-state index contributed by atoms with van der Waals surface area (Å²) in [4.78, 5) is 72.8. The summed E-state index contributed by atoms with van der Waals surface area (Å²) in [6.07, 6.45) is 55.3. The van der Waals surface area contributed by atoms with E-state index >= 15 is 0 Å². The molecule has 0 heterocycles. The summed E-state index contributed by atoms with van der Waals surface area (Å²) in [6.45, 7) is 9.60. The zero-order valence-corrected chi connectivity index (χ0v) is 63.8. The van der Waals surface area contributed by atoms with Gasteiger partial charge in [-0.3, -0.25) is 37.3 Å². The lowest BCUT2D eigenvalue weighted by Crippen LogP contribution is -2.30. The van der Waals surface area contributed by atoms with Gasteiger partial charge in [-0.05, 0) is 37.5 Å². The van der Waals surface area contributed by atoms with Crippen molar-refractivity contribution < 1.29 is 80.2 Å². The Morgan fingerprint density at radius 2 is 0.484 bits per heavy atom. The highest BCUT2D eigenvalue weighted by Crippen LogP contribution is 2.45. The monoisotopic (exact) mass is 1400 g/mol. The average molecular weight is 1400 g/mol. The van der Waals surface area contributed by atoms with Crippen molar-refractivity contribution in [1.82, 2.24) is 0 Å². The summed E-state index contributed by atoms with van der Waals surface area (Å²) in [5.74, 6) is -0.590. The second-order valence-electron chi connectivity index (χ2n) is 28.3. The molecule has 19 heteroatoms. The first-order chi connectivity index (χ1) is 45.9. The predicted octanol–water partition coefficient (Wildman–Crippen LogP) is 22.3. The number of phosphoric ester groups is 2. The molecule has 0 spiro atoms. The van der Waals surface area contributed by atoms with E-state index in [0.717, 1.165) is 102 Å². The van der Waals surface area contributed by atoms with Gasteiger partial charge in [0.2, 0.25) is 0 Å². The molecule has 0 amide bonds. The third-order valence-electron chi connectivity index (χ3n) is 17.7. The molecule has 0 aromatic heterocycles. The molecule has 17 nitrogen and oxygen atoms in total. The van der Waals surface area contributed by atoms with Crippen LogP contribution in [0, 0.1) is 11.8 Å². The molecule has 0 aliphatic heterocycles. The Hall–Kier alpha value is -1.94. The SMILES string of the molecule is CCCCCCCCCCCCCCCCCCC(=O)O[C@H](COC(=O)CCCCCCCCCCCCCC(C)C)COP(=O)(O)OC[C@@H](O)COP(=O)(O)OC[C@@H](COC(=O)CCCCCCCCCCCCCC)OC(=O)CCCCCCCCCCCCC(C)C. The van der Waals surface area contributed by atoms with E-state index in [4.69, 9.17) is 37.0 Å². The number of phosphoric acid groups is 2. The van der Waals surface area contributed by atoms with Crippen molar-refractivity contribution in [3.8, 4) is 0 Å². The fourth-order valence-corrected chi connectivity index (χ4v) is 13.2. The Bertz CT molecular complexity index is 1840. The van der Waals surface area contributed by atoms with Gasteiger partial charge in [0.15, 0.2) is 12.2 Å². The highest BCUT2D eigenvalue weighted by Gasteiger charge is 2.30. The van der Waals surface area contributed by atoms with E-state index in [1.807, 2.05) is 0 Å². The van der Waals surface area contributed by atoms with E-state index < -0.39 is 97.5 Å². The molecule has 5 atom stereocenters. The Kier molecular flexibility index (Phi) is 66.5. The molecule has 0 bridgehead atoms. The molecule has 0 aromatic carbocycles. The van der Waals surface area contributed by atoms with Crippen LogP contribution in [0.1, 0.15) is 395 Å². The summed E-state index contributed by atoms with van der Waals surface area (Å²) in [5, 5.41) is 10.6. The number of hydrogen-bond acceptors (Lipinski definition) is 15. The minimum absolute atomic E-state index is 0.106. The van der Waals surface area contributed by atoms with Crippen molar-refractivity contribution in [3.63, 3.8) is 0 Å². The number of aliphatic hydroxyl groups is 1. The van der Waals surface area contributed by atoms with Gasteiger partial charge < -0.3 is 33.8 Å². The van der Waals surface area contributed by atoms with Gasteiger partial charge in [0.1, 0.15) is 19.3 Å². The number of ether oxygens (including phenoxy) is 4. The molecule has 0 aliphatic carbocycles. The van der Waals surface area contributed by atoms with Gasteiger partial charge in [-0.25, -0.2) is 9.13 Å². The smallest absolute Gasteiger partial charge is 0.462 e. The minimum Gasteiger partial charge on any atom is -0.462 e. The van der Waals surface area contributed by atoms with Crippen LogP contribution in [0.3, 0.4) is 0 Å². The Balaban J connectivity index is 5.26. The van der Waals surface area contributed by atoms with Crippen LogP contribution < -0.4 is 0 Å². The molecular formula is C76H148O17P2. The molecular weight excluding hydrogens is 1250 g/mol. The number of hydrogen-bond donors (Lipinski definition) is 3. The standard InChI is InChI=1S/C76H148O17P2/c1-7-9-11-13-15-17-19-21-22-23-24-28-36-42-48-54-60-75(80)92-71(64-87-74(79)59-53-47-41-35-29-25-26-32-38-44-50-56-68(3)4)66-90-94(82,83)88-62-70(77)63-89-95(84,85)91-67-72(65-86-73(78)58-52-46-40-34-27-20-18-16-14-12-10-8-2)93-76(81)61-55-49-43-37-31-30-33-39-45-51-57-69(5)6/h68-72,77H,7-67H2,1-6H3,(H,82,83)(H,84,85)/t70-,71-,72-/m1/s1. The molecule has 0 aliphatic rings. The molecule has 0 saturated carbocycles. The van der Waals surface area contributed by atoms with Gasteiger partial charge in [0.05, 0.1) is 26.4 Å². The first kappa shape index (κ1) is 93.1. The van der Waals surface area contributed by atoms with Crippen LogP contribution in [0.2, 0.25) is 0 Å². The maximum absolute atomic E-state index is 13.1. The van der Waals surface area contributed by atoms with Gasteiger partial charge in [-0.15, -0.1) is 0 Å². The van der Waals surface area contributed by atoms with E-state index in [1.54, 1.807) is 0 Å². The molecule has 0 saturated heterocycles. The first-order valence-corrected chi connectivity index (χ1v) is 42.5. The van der Waals surface area contributed by atoms with E-state index in [0.29, 0.717) is 25.7 Å². The highest BCUT2D eigenvalue weighted by molar-refractivity contribution is 7.47. The lowest BCUT2D eigenvalue weighted by atomic mass is 10.0. The number of rotatable bonds is 75. The summed E-state index contributed by atoms with van der Waals surface area (Å²) < 4.78 is 68.6. The van der Waals surface area contributed by atoms with Gasteiger partial charge in [-0.1, -0.05) is 343 Å². The van der Waals surface area contributed by atoms with Crippen molar-refractivity contribution in [2.75, 3.05) is 39.6 Å². The molecule has 0 radical (unpaired) electrons. The Morgan fingerprint density at radius 1 is 0.284 bits per heavy atom. The van der Waals surface area contributed by atoms with Gasteiger partial charge >= 0.3 is 39.5 Å². The van der Waals surface area contributed by atoms with Crippen LogP contribution in [0.15, 0.2) is 0 Å². The zero-order valence-electron chi connectivity index (χ0n) is 62.0. The van der Waals surface area contributed by atoms with Crippen LogP contribution >= 0.6 is 15.6 Å². The van der Waals surface area contributed by atoms with E-state index in [-0.39, 0.29) is 25.7 Å². The molecule has 95 heavy (non-hydrogen) atoms. The molecule has 3 N–H and O–H groups in total. The van der Waals surface area contributed by atoms with Crippen molar-refractivity contribution in [3.05, 3.63) is 0 Å². The zero-order chi connectivity index (χ0) is 70.0. The highest BCUT2D eigenvalue weighted by atomic mass is 31.2. The molecule has 0 rings (SSSR count). The maximum Gasteiger partial charge on any atom is 0.472 e. The van der Waals surface area contributed by atoms with E-state index in [2.05, 4.69) is 41.5 Å². The fraction of sp³-hybridized carbons (Fsp3) is 0.947. The number of esters is 4. The Labute approximate surface area is 581 Å². The van der Waals surface area contributed by atoms with Gasteiger partial charge in [0, 0.05) is 25.7 Å². The molecule has 0 fully saturated rings. The lowest BCUT2D eigenvalue weighted by molar-refractivity contribution is -0.161. The second-order valence-corrected chi connectivity index (χ2v) is 31.3. The van der Waals surface area contributed by atoms with Crippen LogP contribution in [0.5, 0.6) is 0 Å². The minimum atomic E-state index is -4.96. The summed E-state index contributed by atoms with van der Waals surface area (Å²) >= 11 is 0. The Morgan fingerprint density at radius 3 is 0.716 bits per heavy atom. The van der Waals surface area contributed by atoms with Gasteiger partial charge in [-0.2, -0.15) is 0 Å². The van der Waals surface area contributed by atoms with Crippen LogP contribution in [0.4, 0.5) is 0 Å². The maximum atomic E-state index is 13.1. The van der Waals surface area contributed by atoms with Crippen LogP contribution in [0.25, 0.3) is 0 Å². The van der Waals surface area contributed by atoms with Crippen molar-refractivity contribution in [1.29, 1.82) is 0 Å². The number of carbonyl (C=O) groups excluding carboxylic acids is 4. The average Bonchev–Trinajstić information content (AvgIpc) is 2.54. The quantitative estimate of drug-likeness (QED) is 0.0222. The molecule has 2 unspecified atom stereocenters. The summed E-state index contributed by atoms with van der Waals surface area (Å²) in [5.41, 5.74) is 0. The normalized spacial score (nSPS) is 14.0. The third kappa shape index (κ3) is 70.3. The lowest BCUT2D eigenvalue weighted by Gasteiger charge is -2.21. The molecule has 0 aromatic rings. The van der Waals surface area contributed by atoms with E-state index in [9.17, 15) is 43.2 Å². The van der Waals surface area contributed by atoms with Crippen LogP contribution in [-0.2, 0) is 65.4 Å². The third-order valence-corrected chi connectivity index (χ3v) is 19.6. The van der Waals surface area contributed by atoms with E-state index in [1.165, 1.54) is 212 Å². The number of carbonyl (C=O) groups is 4. The second kappa shape index (κ2) is 67.9. The van der Waals surface area contributed by atoms with Crippen molar-refractivity contribution >= 4 is 39.5 Å². The number of aliphatic hydroxyl groups excluding tert-OH is 1. The topological polar surface area (TPSA) is 237 Å². The largest absolute Gasteiger partial charge is 0.472 e. The van der Waals surface area contributed by atoms with Crippen molar-refractivity contribution in [2.45, 2.75) is 413 Å². The van der Waals surface area contributed by atoms with Crippen LogP contribution in [-0.4, -0.2) is 96.7 Å². The predicted molar refractivity (Wildman–Crippen MR) is 386 cm³/mol.